The number of benzene rings is 1. The van der Waals surface area contributed by atoms with Crippen molar-refractivity contribution in [2.24, 2.45) is 0 Å². The topological polar surface area (TPSA) is 50.9 Å². The van der Waals surface area contributed by atoms with Gasteiger partial charge in [-0.3, -0.25) is 4.98 Å². The van der Waals surface area contributed by atoms with E-state index >= 15 is 0 Å². The van der Waals surface area contributed by atoms with E-state index in [0.29, 0.717) is 0 Å². The molecule has 0 amide bonds. The van der Waals surface area contributed by atoms with Gasteiger partial charge in [0.2, 0.25) is 0 Å². The summed E-state index contributed by atoms with van der Waals surface area (Å²) in [5.41, 5.74) is 9.24. The Morgan fingerprint density at radius 1 is 1.20 bits per heavy atom. The number of para-hydroxylation sites is 1. The molecule has 1 aromatic heterocycles. The van der Waals surface area contributed by atoms with Crippen molar-refractivity contribution in [3.63, 3.8) is 0 Å². The zero-order valence-electron chi connectivity index (χ0n) is 12.2. The minimum absolute atomic E-state index is 0.264. The molecule has 3 N–H and O–H groups in total. The number of anilines is 1. The van der Waals surface area contributed by atoms with Crippen LogP contribution < -0.4 is 11.1 Å². The quantitative estimate of drug-likeness (QED) is 0.894. The van der Waals surface area contributed by atoms with Gasteiger partial charge in [0.1, 0.15) is 0 Å². The number of nitrogens with one attached hydrogen (secondary N) is 1. The van der Waals surface area contributed by atoms with Crippen LogP contribution in [0.4, 0.5) is 5.69 Å². The number of nitrogens with two attached hydrogens (primary N) is 1. The van der Waals surface area contributed by atoms with Crippen LogP contribution in [0.3, 0.4) is 0 Å². The van der Waals surface area contributed by atoms with Crippen LogP contribution in [0.15, 0.2) is 30.3 Å². The Labute approximate surface area is 120 Å². The van der Waals surface area contributed by atoms with Crippen molar-refractivity contribution < 1.29 is 0 Å². The van der Waals surface area contributed by atoms with E-state index in [-0.39, 0.29) is 5.54 Å². The van der Waals surface area contributed by atoms with Gasteiger partial charge in [0.25, 0.3) is 0 Å². The van der Waals surface area contributed by atoms with Crippen molar-refractivity contribution in [1.82, 2.24) is 10.3 Å². The van der Waals surface area contributed by atoms with Crippen molar-refractivity contribution in [2.75, 3.05) is 5.73 Å². The molecule has 3 nitrogen and oxygen atoms in total. The molecular formula is C17H23N3. The summed E-state index contributed by atoms with van der Waals surface area (Å²) < 4.78 is 0. The summed E-state index contributed by atoms with van der Waals surface area (Å²) in [6.07, 6.45) is 6.55. The third kappa shape index (κ3) is 2.78. The maximum absolute atomic E-state index is 6.13. The second kappa shape index (κ2) is 5.41. The highest BCUT2D eigenvalue weighted by molar-refractivity contribution is 5.90. The maximum Gasteiger partial charge on any atom is 0.0726 e. The first-order valence-corrected chi connectivity index (χ1v) is 7.55. The number of fused-ring (bicyclic) bond motifs is 1. The van der Waals surface area contributed by atoms with Crippen molar-refractivity contribution in [3.8, 4) is 0 Å². The number of aromatic nitrogens is 1. The fourth-order valence-corrected chi connectivity index (χ4v) is 3.16. The predicted molar refractivity (Wildman–Crippen MR) is 84.5 cm³/mol. The molecule has 2 aromatic rings. The van der Waals surface area contributed by atoms with Gasteiger partial charge >= 0.3 is 0 Å². The summed E-state index contributed by atoms with van der Waals surface area (Å²) in [5, 5.41) is 4.73. The average molecular weight is 269 g/mol. The van der Waals surface area contributed by atoms with Gasteiger partial charge in [-0.05, 0) is 31.9 Å². The Bertz CT molecular complexity index is 600. The van der Waals surface area contributed by atoms with Crippen LogP contribution in [0.1, 0.15) is 44.7 Å². The summed E-state index contributed by atoms with van der Waals surface area (Å²) in [6.45, 7) is 3.13. The van der Waals surface area contributed by atoms with Crippen LogP contribution in [0.25, 0.3) is 10.9 Å². The zero-order valence-corrected chi connectivity index (χ0v) is 12.2. The normalized spacial score (nSPS) is 18.2. The van der Waals surface area contributed by atoms with Crippen molar-refractivity contribution >= 4 is 16.6 Å². The van der Waals surface area contributed by atoms with Gasteiger partial charge in [-0.2, -0.15) is 0 Å². The van der Waals surface area contributed by atoms with Crippen LogP contribution in [0.2, 0.25) is 0 Å². The minimum atomic E-state index is 0.264. The number of rotatable bonds is 3. The fourth-order valence-electron chi connectivity index (χ4n) is 3.16. The number of hydrogen-bond acceptors (Lipinski definition) is 3. The van der Waals surface area contributed by atoms with Crippen LogP contribution >= 0.6 is 0 Å². The zero-order chi connectivity index (χ0) is 14.0. The van der Waals surface area contributed by atoms with Crippen LogP contribution in [-0.4, -0.2) is 10.5 Å². The van der Waals surface area contributed by atoms with E-state index in [0.717, 1.165) is 28.8 Å². The summed E-state index contributed by atoms with van der Waals surface area (Å²) in [4.78, 5) is 4.71. The van der Waals surface area contributed by atoms with E-state index in [2.05, 4.69) is 12.2 Å². The molecule has 1 aliphatic carbocycles. The molecule has 1 aromatic carbocycles. The second-order valence-electron chi connectivity index (χ2n) is 6.19. The fraction of sp³-hybridized carbons (Fsp3) is 0.471. The summed E-state index contributed by atoms with van der Waals surface area (Å²) in [5.74, 6) is 0. The molecule has 0 bridgehead atoms. The Morgan fingerprint density at radius 2 is 1.95 bits per heavy atom. The monoisotopic (exact) mass is 269 g/mol. The van der Waals surface area contributed by atoms with Crippen molar-refractivity contribution in [1.29, 1.82) is 0 Å². The lowest BCUT2D eigenvalue weighted by molar-refractivity contribution is 0.251. The third-order valence-corrected chi connectivity index (χ3v) is 4.45. The predicted octanol–water partition coefficient (Wildman–Crippen LogP) is 3.63. The highest BCUT2D eigenvalue weighted by atomic mass is 15.0. The van der Waals surface area contributed by atoms with E-state index in [4.69, 9.17) is 10.7 Å². The van der Waals surface area contributed by atoms with Gasteiger partial charge in [0.15, 0.2) is 0 Å². The molecule has 20 heavy (non-hydrogen) atoms. The average Bonchev–Trinajstić information content (AvgIpc) is 2.46. The van der Waals surface area contributed by atoms with E-state index in [1.807, 2.05) is 30.3 Å². The van der Waals surface area contributed by atoms with Crippen molar-refractivity contribution in [3.05, 3.63) is 36.0 Å². The van der Waals surface area contributed by atoms with Gasteiger partial charge in [-0.15, -0.1) is 0 Å². The smallest absolute Gasteiger partial charge is 0.0726 e. The molecular weight excluding hydrogens is 246 g/mol. The Hall–Kier alpha value is -1.61. The molecule has 0 aliphatic heterocycles. The first-order chi connectivity index (χ1) is 9.66. The van der Waals surface area contributed by atoms with Gasteiger partial charge in [-0.1, -0.05) is 37.5 Å². The van der Waals surface area contributed by atoms with E-state index in [9.17, 15) is 0 Å². The SMILES string of the molecule is CC1(NCc2cc(N)c3ccccc3n2)CCCCC1. The summed E-state index contributed by atoms with van der Waals surface area (Å²) in [7, 11) is 0. The summed E-state index contributed by atoms with van der Waals surface area (Å²) >= 11 is 0. The Morgan fingerprint density at radius 3 is 2.75 bits per heavy atom. The highest BCUT2D eigenvalue weighted by Crippen LogP contribution is 2.28. The number of nitrogens with zero attached hydrogens (tertiary/aromatic N) is 1. The molecule has 3 rings (SSSR count). The van der Waals surface area contributed by atoms with Crippen LogP contribution in [-0.2, 0) is 6.54 Å². The first kappa shape index (κ1) is 13.4. The number of hydrogen-bond donors (Lipinski definition) is 2. The van der Waals surface area contributed by atoms with Gasteiger partial charge in [0.05, 0.1) is 11.2 Å². The largest absolute Gasteiger partial charge is 0.398 e. The second-order valence-corrected chi connectivity index (χ2v) is 6.19. The molecule has 1 fully saturated rings. The van der Waals surface area contributed by atoms with E-state index in [1.54, 1.807) is 0 Å². The highest BCUT2D eigenvalue weighted by Gasteiger charge is 2.25. The summed E-state index contributed by atoms with van der Waals surface area (Å²) in [6, 6.07) is 10.1. The number of nitrogen functional groups attached to an aromatic ring is 1. The molecule has 1 aliphatic rings. The first-order valence-electron chi connectivity index (χ1n) is 7.55. The van der Waals surface area contributed by atoms with Gasteiger partial charge in [-0.25, -0.2) is 0 Å². The molecule has 0 unspecified atom stereocenters. The molecule has 0 spiro atoms. The van der Waals surface area contributed by atoms with Gasteiger partial charge < -0.3 is 11.1 Å². The Kier molecular flexibility index (Phi) is 3.62. The number of pyridine rings is 1. The lowest BCUT2D eigenvalue weighted by Gasteiger charge is -2.34. The standard InChI is InChI=1S/C17H23N3/c1-17(9-5-2-6-10-17)19-12-13-11-15(18)14-7-3-4-8-16(14)20-13/h3-4,7-8,11,19H,2,5-6,9-10,12H2,1H3,(H2,18,20). The van der Waals surface area contributed by atoms with Crippen LogP contribution in [0.5, 0.6) is 0 Å². The lowest BCUT2D eigenvalue weighted by Crippen LogP contribution is -2.43. The van der Waals surface area contributed by atoms with Crippen LogP contribution in [0, 0.1) is 0 Å². The third-order valence-electron chi connectivity index (χ3n) is 4.45. The van der Waals surface area contributed by atoms with E-state index in [1.165, 1.54) is 32.1 Å². The van der Waals surface area contributed by atoms with E-state index < -0.39 is 0 Å². The van der Waals surface area contributed by atoms with Crippen molar-refractivity contribution in [2.45, 2.75) is 51.1 Å². The minimum Gasteiger partial charge on any atom is -0.398 e. The maximum atomic E-state index is 6.13. The molecule has 1 saturated carbocycles. The molecule has 106 valence electrons. The molecule has 0 radical (unpaired) electrons. The molecule has 3 heteroatoms. The molecule has 1 heterocycles. The lowest BCUT2D eigenvalue weighted by atomic mass is 9.83. The Balaban J connectivity index is 1.77. The molecule has 0 saturated heterocycles. The van der Waals surface area contributed by atoms with Gasteiger partial charge in [0, 0.05) is 23.2 Å². The molecule has 0 atom stereocenters.